The number of aliphatic carboxylic acids is 2. The molecule has 184 valence electrons. The summed E-state index contributed by atoms with van der Waals surface area (Å²) in [5, 5.41) is 23.5. The summed E-state index contributed by atoms with van der Waals surface area (Å²) in [6, 6.07) is 3.34. The van der Waals surface area contributed by atoms with Crippen molar-refractivity contribution in [1.82, 2.24) is 10.6 Å². The molecule has 14 heteroatoms. The lowest BCUT2D eigenvalue weighted by molar-refractivity contribution is -0.175. The number of carboxylic acids is 2. The van der Waals surface area contributed by atoms with Gasteiger partial charge in [0.2, 0.25) is 5.91 Å². The molecule has 1 aliphatic rings. The van der Waals surface area contributed by atoms with E-state index >= 15 is 0 Å². The van der Waals surface area contributed by atoms with E-state index in [0.717, 1.165) is 12.1 Å². The third kappa shape index (κ3) is 7.16. The zero-order valence-electron chi connectivity index (χ0n) is 18.3. The molecule has 0 spiro atoms. The van der Waals surface area contributed by atoms with Gasteiger partial charge in [0.25, 0.3) is 11.9 Å². The molecule has 1 aromatic carbocycles. The Morgan fingerprint density at radius 3 is 2.53 bits per heavy atom. The van der Waals surface area contributed by atoms with Gasteiger partial charge in [-0.3, -0.25) is 19.2 Å². The van der Waals surface area contributed by atoms with Gasteiger partial charge >= 0.3 is 19.1 Å². The molecule has 4 N–H and O–H groups in total. The first kappa shape index (κ1) is 27.1. The monoisotopic (exact) mass is 500 g/mol. The highest BCUT2D eigenvalue weighted by atomic mass is 35.5. The molecule has 0 saturated carbocycles. The normalized spacial score (nSPS) is 18.7. The van der Waals surface area contributed by atoms with Crippen LogP contribution in [0.15, 0.2) is 18.2 Å². The maximum absolute atomic E-state index is 13.8. The van der Waals surface area contributed by atoms with Crippen LogP contribution in [0.25, 0.3) is 0 Å². The Hall–Kier alpha value is -3.19. The van der Waals surface area contributed by atoms with Gasteiger partial charge in [0.1, 0.15) is 5.82 Å². The molecule has 1 unspecified atom stereocenters. The average molecular weight is 501 g/mol. The van der Waals surface area contributed by atoms with Crippen molar-refractivity contribution in [3.8, 4) is 0 Å². The van der Waals surface area contributed by atoms with Crippen LogP contribution in [0.2, 0.25) is 5.02 Å². The van der Waals surface area contributed by atoms with Crippen LogP contribution in [0.3, 0.4) is 0 Å². The Balaban J connectivity index is 2.13. The summed E-state index contributed by atoms with van der Waals surface area (Å²) < 4.78 is 24.3. The van der Waals surface area contributed by atoms with E-state index < -0.39 is 73.6 Å². The van der Waals surface area contributed by atoms with Crippen molar-refractivity contribution in [1.29, 1.82) is 0 Å². The van der Waals surface area contributed by atoms with Crippen LogP contribution in [-0.4, -0.2) is 65.1 Å². The summed E-state index contributed by atoms with van der Waals surface area (Å²) in [4.78, 5) is 59.7. The predicted octanol–water partition coefficient (Wildman–Crippen LogP) is 1.03. The van der Waals surface area contributed by atoms with Crippen LogP contribution in [-0.2, 0) is 28.5 Å². The summed E-state index contributed by atoms with van der Waals surface area (Å²) in [6.07, 6.45) is -1.67. The average Bonchev–Trinajstić information content (AvgIpc) is 2.71. The van der Waals surface area contributed by atoms with E-state index in [9.17, 15) is 33.5 Å². The fourth-order valence-electron chi connectivity index (χ4n) is 3.34. The second-order valence-corrected chi connectivity index (χ2v) is 8.57. The molecule has 2 amide bonds. The molecule has 0 aliphatic carbocycles. The SMILES string of the molecule is CC(C)C[C@H](NC(=O)CNC(=O)c1cc(Cl)ccc1F)B1OC(=O)CC(CC(=O)O)(C(=O)O)O1. The van der Waals surface area contributed by atoms with Gasteiger partial charge in [0, 0.05) is 5.02 Å². The van der Waals surface area contributed by atoms with Crippen molar-refractivity contribution in [2.45, 2.75) is 44.7 Å². The highest BCUT2D eigenvalue weighted by molar-refractivity contribution is 6.50. The molecular weight excluding hydrogens is 477 g/mol. The van der Waals surface area contributed by atoms with Crippen LogP contribution < -0.4 is 10.6 Å². The Morgan fingerprint density at radius 1 is 1.26 bits per heavy atom. The summed E-state index contributed by atoms with van der Waals surface area (Å²) in [7, 11) is -1.59. The number of carbonyl (C=O) groups is 5. The maximum Gasteiger partial charge on any atom is 0.552 e. The Labute approximate surface area is 199 Å². The molecule has 1 heterocycles. The van der Waals surface area contributed by atoms with Crippen molar-refractivity contribution < 1.29 is 47.9 Å². The van der Waals surface area contributed by atoms with Crippen LogP contribution in [0, 0.1) is 11.7 Å². The number of benzene rings is 1. The summed E-state index contributed by atoms with van der Waals surface area (Å²) in [5.41, 5.74) is -2.74. The number of rotatable bonds is 10. The zero-order chi connectivity index (χ0) is 25.6. The number of halogens is 2. The largest absolute Gasteiger partial charge is 0.552 e. The zero-order valence-corrected chi connectivity index (χ0v) is 19.1. The maximum atomic E-state index is 13.8. The minimum atomic E-state index is -2.37. The molecule has 1 saturated heterocycles. The van der Waals surface area contributed by atoms with E-state index in [4.69, 9.17) is 26.0 Å². The second-order valence-electron chi connectivity index (χ2n) is 8.13. The molecule has 11 nitrogen and oxygen atoms in total. The van der Waals surface area contributed by atoms with Crippen LogP contribution >= 0.6 is 11.6 Å². The van der Waals surface area contributed by atoms with Crippen molar-refractivity contribution in [2.24, 2.45) is 5.92 Å². The van der Waals surface area contributed by atoms with Crippen LogP contribution in [0.1, 0.15) is 43.5 Å². The van der Waals surface area contributed by atoms with E-state index in [2.05, 4.69) is 10.6 Å². The number of hydrogen-bond acceptors (Lipinski definition) is 7. The minimum absolute atomic E-state index is 0.0941. The standard InChI is InChI=1S/C20H23BClFN2O9/c1-10(2)5-14(21-33-17(29)8-20(34-21,19(31)32)7-16(27)28)25-15(26)9-24-18(30)12-6-11(22)3-4-13(12)23/h3-4,6,10,14H,5,7-9H2,1-2H3,(H,24,30)(H,25,26)(H,27,28)(H,31,32)/t14-,20?/m0/s1. The smallest absolute Gasteiger partial charge is 0.508 e. The molecule has 1 aromatic rings. The molecule has 1 fully saturated rings. The second kappa shape index (κ2) is 11.3. The van der Waals surface area contributed by atoms with Gasteiger partial charge < -0.3 is 30.2 Å². The van der Waals surface area contributed by atoms with Crippen LogP contribution in [0.5, 0.6) is 0 Å². The number of amides is 2. The predicted molar refractivity (Wildman–Crippen MR) is 115 cm³/mol. The molecule has 0 bridgehead atoms. The lowest BCUT2D eigenvalue weighted by Crippen LogP contribution is -2.61. The Morgan fingerprint density at radius 2 is 1.94 bits per heavy atom. The summed E-state index contributed by atoms with van der Waals surface area (Å²) in [6.45, 7) is 2.95. The van der Waals surface area contributed by atoms with E-state index in [1.54, 1.807) is 13.8 Å². The number of hydrogen-bond donors (Lipinski definition) is 4. The molecule has 0 aromatic heterocycles. The third-order valence-electron chi connectivity index (χ3n) is 4.83. The molecule has 1 aliphatic heterocycles. The van der Waals surface area contributed by atoms with Gasteiger partial charge in [-0.2, -0.15) is 0 Å². The number of carbonyl (C=O) groups excluding carboxylic acids is 3. The fraction of sp³-hybridized carbons (Fsp3) is 0.450. The number of carboxylic acid groups (broad SMARTS) is 2. The van der Waals surface area contributed by atoms with E-state index in [1.165, 1.54) is 6.07 Å². The lowest BCUT2D eigenvalue weighted by Gasteiger charge is -2.37. The quantitative estimate of drug-likeness (QED) is 0.343. The summed E-state index contributed by atoms with van der Waals surface area (Å²) >= 11 is 5.76. The van der Waals surface area contributed by atoms with Crippen molar-refractivity contribution in [3.63, 3.8) is 0 Å². The van der Waals surface area contributed by atoms with Crippen LogP contribution in [0.4, 0.5) is 4.39 Å². The van der Waals surface area contributed by atoms with Crippen molar-refractivity contribution >= 4 is 48.4 Å². The Kier molecular flexibility index (Phi) is 8.99. The highest BCUT2D eigenvalue weighted by Crippen LogP contribution is 2.30. The Bertz CT molecular complexity index is 989. The van der Waals surface area contributed by atoms with E-state index in [0.29, 0.717) is 0 Å². The third-order valence-corrected chi connectivity index (χ3v) is 5.06. The van der Waals surface area contributed by atoms with Gasteiger partial charge in [0.05, 0.1) is 30.9 Å². The molecule has 0 radical (unpaired) electrons. The minimum Gasteiger partial charge on any atom is -0.508 e. The lowest BCUT2D eigenvalue weighted by atomic mass is 9.70. The van der Waals surface area contributed by atoms with Gasteiger partial charge in [-0.15, -0.1) is 0 Å². The van der Waals surface area contributed by atoms with Gasteiger partial charge in [0.15, 0.2) is 5.60 Å². The molecular formula is C20H23BClFN2O9. The first-order chi connectivity index (χ1) is 15.8. The van der Waals surface area contributed by atoms with Gasteiger partial charge in [-0.25, -0.2) is 9.18 Å². The molecule has 2 atom stereocenters. The van der Waals surface area contributed by atoms with Gasteiger partial charge in [-0.05, 0) is 30.5 Å². The fourth-order valence-corrected chi connectivity index (χ4v) is 3.51. The van der Waals surface area contributed by atoms with Crippen molar-refractivity contribution in [3.05, 3.63) is 34.6 Å². The van der Waals surface area contributed by atoms with Crippen molar-refractivity contribution in [2.75, 3.05) is 6.54 Å². The summed E-state index contributed by atoms with van der Waals surface area (Å²) in [5.74, 6) is -7.85. The topological polar surface area (TPSA) is 168 Å². The van der Waals surface area contributed by atoms with Gasteiger partial charge in [-0.1, -0.05) is 25.4 Å². The first-order valence-electron chi connectivity index (χ1n) is 10.2. The van der Waals surface area contributed by atoms with E-state index in [-0.39, 0.29) is 22.9 Å². The van der Waals surface area contributed by atoms with E-state index in [1.807, 2.05) is 0 Å². The molecule has 2 rings (SSSR count). The number of nitrogens with one attached hydrogen (secondary N) is 2. The molecule has 34 heavy (non-hydrogen) atoms. The first-order valence-corrected chi connectivity index (χ1v) is 10.6. The highest BCUT2D eigenvalue weighted by Gasteiger charge is 2.54.